The average Bonchev–Trinajstić information content (AvgIpc) is 2.95. The van der Waals surface area contributed by atoms with Crippen LogP contribution in [-0.2, 0) is 28.4 Å². The van der Waals surface area contributed by atoms with E-state index in [0.717, 1.165) is 20.4 Å². The Labute approximate surface area is 252 Å². The summed E-state index contributed by atoms with van der Waals surface area (Å²) < 4.78 is 58.2. The molecule has 1 aliphatic heterocycles. The van der Waals surface area contributed by atoms with Gasteiger partial charge < -0.3 is 47.4 Å². The standard InChI is InChI=1S/C28H38Br2O10/c29-25-21-26(30)28-22-27(25)39-18-14-35-10-6-31-4-8-33-12-16-37-23-2-1-3-24(20-23)38-17-13-34-9-5-32-7-11-36-15-19-40-28/h1-3,20-22H,4-19H2. The molecule has 0 amide bonds. The van der Waals surface area contributed by atoms with E-state index in [2.05, 4.69) is 31.9 Å². The fourth-order valence-corrected chi connectivity index (χ4v) is 4.55. The van der Waals surface area contributed by atoms with Crippen LogP contribution >= 0.6 is 31.9 Å². The van der Waals surface area contributed by atoms with Gasteiger partial charge in [0.05, 0.1) is 88.2 Å². The van der Waals surface area contributed by atoms with Crippen molar-refractivity contribution in [1.82, 2.24) is 0 Å². The first kappa shape index (κ1) is 32.9. The van der Waals surface area contributed by atoms with Gasteiger partial charge in [-0.25, -0.2) is 0 Å². The molecule has 0 N–H and O–H groups in total. The Morgan fingerprint density at radius 1 is 0.375 bits per heavy atom. The zero-order valence-electron chi connectivity index (χ0n) is 22.6. The molecule has 4 bridgehead atoms. The Hall–Kier alpha value is -1.64. The lowest BCUT2D eigenvalue weighted by molar-refractivity contribution is 0.00430. The van der Waals surface area contributed by atoms with Gasteiger partial charge in [0.15, 0.2) is 0 Å². The van der Waals surface area contributed by atoms with Crippen LogP contribution < -0.4 is 18.9 Å². The first-order chi connectivity index (χ1) is 19.7. The van der Waals surface area contributed by atoms with E-state index in [9.17, 15) is 0 Å². The van der Waals surface area contributed by atoms with Crippen LogP contribution in [0, 0.1) is 0 Å². The maximum absolute atomic E-state index is 5.85. The summed E-state index contributed by atoms with van der Waals surface area (Å²) in [5, 5.41) is 0. The molecule has 1 aliphatic rings. The highest BCUT2D eigenvalue weighted by molar-refractivity contribution is 9.11. The van der Waals surface area contributed by atoms with Crippen molar-refractivity contribution in [2.75, 3.05) is 106 Å². The van der Waals surface area contributed by atoms with E-state index in [1.54, 1.807) is 0 Å². The van der Waals surface area contributed by atoms with Gasteiger partial charge in [-0.15, -0.1) is 0 Å². The third kappa shape index (κ3) is 14.3. The molecule has 2 aromatic rings. The van der Waals surface area contributed by atoms with Gasteiger partial charge in [0, 0.05) is 12.1 Å². The molecule has 1 heterocycles. The molecule has 0 fully saturated rings. The van der Waals surface area contributed by atoms with Gasteiger partial charge in [0.25, 0.3) is 0 Å². The number of ether oxygens (including phenoxy) is 10. The first-order valence-corrected chi connectivity index (χ1v) is 14.9. The lowest BCUT2D eigenvalue weighted by atomic mass is 10.3. The third-order valence-corrected chi connectivity index (χ3v) is 6.48. The zero-order chi connectivity index (χ0) is 28.1. The van der Waals surface area contributed by atoms with Crippen LogP contribution in [0.5, 0.6) is 23.0 Å². The SMILES string of the molecule is Brc1cc(Br)c2cc1OCCOCCOCCOCCOc1cccc(c1)OCCOCCOCCOCCO2. The maximum Gasteiger partial charge on any atom is 0.137 e. The van der Waals surface area contributed by atoms with Gasteiger partial charge in [-0.2, -0.15) is 0 Å². The molecule has 0 saturated carbocycles. The van der Waals surface area contributed by atoms with E-state index in [4.69, 9.17) is 47.4 Å². The van der Waals surface area contributed by atoms with Crippen molar-refractivity contribution < 1.29 is 47.4 Å². The summed E-state index contributed by atoms with van der Waals surface area (Å²) in [6.45, 7) is 7.27. The minimum Gasteiger partial charge on any atom is -0.491 e. The molecule has 0 aliphatic carbocycles. The third-order valence-electron chi connectivity index (χ3n) is 5.24. The van der Waals surface area contributed by atoms with Crippen LogP contribution in [0.25, 0.3) is 0 Å². The molecular weight excluding hydrogens is 656 g/mol. The monoisotopic (exact) mass is 692 g/mol. The Kier molecular flexibility index (Phi) is 17.4. The van der Waals surface area contributed by atoms with E-state index >= 15 is 0 Å². The van der Waals surface area contributed by atoms with Crippen molar-refractivity contribution in [3.8, 4) is 23.0 Å². The maximum atomic E-state index is 5.85. The highest BCUT2D eigenvalue weighted by Crippen LogP contribution is 2.36. The summed E-state index contributed by atoms with van der Waals surface area (Å²) in [6.07, 6.45) is 0. The summed E-state index contributed by atoms with van der Waals surface area (Å²) >= 11 is 7.04. The minimum absolute atomic E-state index is 0.395. The summed E-state index contributed by atoms with van der Waals surface area (Å²) in [4.78, 5) is 0. The van der Waals surface area contributed by atoms with E-state index in [1.807, 2.05) is 36.4 Å². The fraction of sp³-hybridized carbons (Fsp3) is 0.571. The van der Waals surface area contributed by atoms with E-state index in [1.165, 1.54) is 0 Å². The second kappa shape index (κ2) is 21.1. The van der Waals surface area contributed by atoms with Crippen molar-refractivity contribution >= 4 is 31.9 Å². The summed E-state index contributed by atoms with van der Waals surface area (Å²) in [5.74, 6) is 2.78. The Bertz CT molecular complexity index is 883. The highest BCUT2D eigenvalue weighted by atomic mass is 79.9. The predicted molar refractivity (Wildman–Crippen MR) is 155 cm³/mol. The van der Waals surface area contributed by atoms with Crippen molar-refractivity contribution in [2.24, 2.45) is 0 Å². The second-order valence-electron chi connectivity index (χ2n) is 8.26. The molecule has 0 unspecified atom stereocenters. The van der Waals surface area contributed by atoms with Gasteiger partial charge in [0.2, 0.25) is 0 Å². The van der Waals surface area contributed by atoms with Gasteiger partial charge in [-0.05, 0) is 50.1 Å². The topological polar surface area (TPSA) is 92.3 Å². The average molecular weight is 694 g/mol. The van der Waals surface area contributed by atoms with Crippen LogP contribution in [0.1, 0.15) is 0 Å². The smallest absolute Gasteiger partial charge is 0.137 e. The summed E-state index contributed by atoms with van der Waals surface area (Å²) in [5.41, 5.74) is 0. The fourth-order valence-electron chi connectivity index (χ4n) is 3.33. The summed E-state index contributed by atoms with van der Waals surface area (Å²) in [7, 11) is 0. The van der Waals surface area contributed by atoms with Crippen molar-refractivity contribution in [1.29, 1.82) is 0 Å². The van der Waals surface area contributed by atoms with Crippen molar-refractivity contribution in [2.45, 2.75) is 0 Å². The van der Waals surface area contributed by atoms with Crippen LogP contribution in [-0.4, -0.2) is 106 Å². The van der Waals surface area contributed by atoms with Gasteiger partial charge in [0.1, 0.15) is 49.4 Å². The van der Waals surface area contributed by atoms with E-state index in [0.29, 0.717) is 117 Å². The van der Waals surface area contributed by atoms with Gasteiger partial charge >= 0.3 is 0 Å². The number of fused-ring (bicyclic) bond motifs is 4. The van der Waals surface area contributed by atoms with Crippen molar-refractivity contribution in [3.05, 3.63) is 45.3 Å². The zero-order valence-corrected chi connectivity index (χ0v) is 25.8. The number of halogens is 2. The molecule has 10 nitrogen and oxygen atoms in total. The van der Waals surface area contributed by atoms with Gasteiger partial charge in [-0.3, -0.25) is 0 Å². The number of rotatable bonds is 0. The molecule has 224 valence electrons. The lowest BCUT2D eigenvalue weighted by Gasteiger charge is -2.14. The molecule has 0 spiro atoms. The summed E-state index contributed by atoms with van der Waals surface area (Å²) in [6, 6.07) is 11.2. The molecule has 12 heteroatoms. The molecule has 0 atom stereocenters. The number of hydrogen-bond acceptors (Lipinski definition) is 10. The predicted octanol–water partition coefficient (Wildman–Crippen LogP) is 4.54. The van der Waals surface area contributed by atoms with Gasteiger partial charge in [-0.1, -0.05) is 6.07 Å². The molecule has 0 aromatic heterocycles. The largest absolute Gasteiger partial charge is 0.491 e. The van der Waals surface area contributed by atoms with Crippen LogP contribution in [0.2, 0.25) is 0 Å². The first-order valence-electron chi connectivity index (χ1n) is 13.3. The van der Waals surface area contributed by atoms with E-state index in [-0.39, 0.29) is 0 Å². The molecule has 0 saturated heterocycles. The van der Waals surface area contributed by atoms with Crippen molar-refractivity contribution in [3.63, 3.8) is 0 Å². The van der Waals surface area contributed by atoms with Crippen LogP contribution in [0.15, 0.2) is 45.3 Å². The van der Waals surface area contributed by atoms with Crippen LogP contribution in [0.4, 0.5) is 0 Å². The Morgan fingerprint density at radius 3 is 1.07 bits per heavy atom. The van der Waals surface area contributed by atoms with Crippen LogP contribution in [0.3, 0.4) is 0 Å². The Morgan fingerprint density at radius 2 is 0.700 bits per heavy atom. The Balaban J connectivity index is 1.39. The highest BCUT2D eigenvalue weighted by Gasteiger charge is 2.09. The number of hydrogen-bond donors (Lipinski definition) is 0. The molecular formula is C28H38Br2O10. The lowest BCUT2D eigenvalue weighted by Crippen LogP contribution is -2.15. The molecule has 2 aromatic carbocycles. The molecule has 40 heavy (non-hydrogen) atoms. The molecule has 3 rings (SSSR count). The minimum atomic E-state index is 0.395. The normalized spacial score (nSPS) is 18.9. The quantitative estimate of drug-likeness (QED) is 0.392. The number of benzene rings is 2. The second-order valence-corrected chi connectivity index (χ2v) is 9.96. The van der Waals surface area contributed by atoms with E-state index < -0.39 is 0 Å². The molecule has 0 radical (unpaired) electrons.